The second kappa shape index (κ2) is 4.73. The average Bonchev–Trinajstić information content (AvgIpc) is 2.34. The van der Waals surface area contributed by atoms with Gasteiger partial charge in [-0.3, -0.25) is 0 Å². The Balaban J connectivity index is 2.50. The lowest BCUT2D eigenvalue weighted by Gasteiger charge is -2.18. The van der Waals surface area contributed by atoms with Crippen LogP contribution in [0.1, 0.15) is 22.3 Å². The average molecular weight is 240 g/mol. The fraction of sp³-hybridized carbons (Fsp3) is 0.250. The smallest absolute Gasteiger partial charge is 0.0618 e. The monoisotopic (exact) mass is 240 g/mol. The van der Waals surface area contributed by atoms with Crippen LogP contribution in [0.25, 0.3) is 0 Å². The predicted octanol–water partition coefficient (Wildman–Crippen LogP) is 4.25. The Morgan fingerprint density at radius 1 is 0.889 bits per heavy atom. The van der Waals surface area contributed by atoms with Crippen LogP contribution in [0.4, 0.5) is 17.1 Å². The van der Waals surface area contributed by atoms with Crippen molar-refractivity contribution in [2.75, 3.05) is 11.1 Å². The van der Waals surface area contributed by atoms with Gasteiger partial charge in [0.25, 0.3) is 0 Å². The van der Waals surface area contributed by atoms with Crippen molar-refractivity contribution in [3.8, 4) is 0 Å². The summed E-state index contributed by atoms with van der Waals surface area (Å²) in [6, 6.07) is 10.1. The maximum absolute atomic E-state index is 5.98. The first-order valence-corrected chi connectivity index (χ1v) is 6.19. The number of nitrogens with one attached hydrogen (secondary N) is 1. The van der Waals surface area contributed by atoms with E-state index in [0.717, 1.165) is 11.4 Å². The molecule has 0 aliphatic carbocycles. The van der Waals surface area contributed by atoms with E-state index in [1.807, 2.05) is 24.3 Å². The van der Waals surface area contributed by atoms with E-state index in [1.54, 1.807) is 0 Å². The van der Waals surface area contributed by atoms with Gasteiger partial charge in [-0.25, -0.2) is 0 Å². The maximum atomic E-state index is 5.98. The molecule has 0 amide bonds. The van der Waals surface area contributed by atoms with Gasteiger partial charge in [0.2, 0.25) is 0 Å². The first-order valence-electron chi connectivity index (χ1n) is 6.19. The van der Waals surface area contributed by atoms with Crippen LogP contribution in [-0.2, 0) is 0 Å². The largest absolute Gasteiger partial charge is 0.397 e. The highest BCUT2D eigenvalue weighted by molar-refractivity contribution is 5.76. The van der Waals surface area contributed by atoms with Gasteiger partial charge >= 0.3 is 0 Å². The molecule has 0 aromatic heterocycles. The summed E-state index contributed by atoms with van der Waals surface area (Å²) in [7, 11) is 0. The van der Waals surface area contributed by atoms with E-state index in [4.69, 9.17) is 5.73 Å². The fourth-order valence-corrected chi connectivity index (χ4v) is 2.15. The Morgan fingerprint density at radius 2 is 1.44 bits per heavy atom. The van der Waals surface area contributed by atoms with Crippen molar-refractivity contribution in [3.63, 3.8) is 0 Å². The van der Waals surface area contributed by atoms with Gasteiger partial charge in [0.05, 0.1) is 11.4 Å². The third-order valence-electron chi connectivity index (χ3n) is 3.59. The minimum absolute atomic E-state index is 0.774. The van der Waals surface area contributed by atoms with Gasteiger partial charge in [-0.1, -0.05) is 18.2 Å². The highest BCUT2D eigenvalue weighted by Gasteiger charge is 2.09. The van der Waals surface area contributed by atoms with Crippen molar-refractivity contribution < 1.29 is 0 Å². The summed E-state index contributed by atoms with van der Waals surface area (Å²) in [6.07, 6.45) is 0. The third kappa shape index (κ3) is 2.19. The van der Waals surface area contributed by atoms with Gasteiger partial charge < -0.3 is 11.1 Å². The normalized spacial score (nSPS) is 10.4. The molecule has 0 aliphatic rings. The lowest BCUT2D eigenvalue weighted by atomic mass is 9.98. The lowest BCUT2D eigenvalue weighted by Crippen LogP contribution is -2.02. The van der Waals surface area contributed by atoms with Gasteiger partial charge in [-0.05, 0) is 62.1 Å². The topological polar surface area (TPSA) is 38.0 Å². The number of para-hydroxylation sites is 2. The Kier molecular flexibility index (Phi) is 3.28. The molecule has 2 aromatic carbocycles. The summed E-state index contributed by atoms with van der Waals surface area (Å²) in [5, 5.41) is 3.47. The molecular weight excluding hydrogens is 220 g/mol. The molecule has 2 rings (SSSR count). The van der Waals surface area contributed by atoms with Crippen molar-refractivity contribution in [1.82, 2.24) is 0 Å². The van der Waals surface area contributed by atoms with E-state index >= 15 is 0 Å². The summed E-state index contributed by atoms with van der Waals surface area (Å²) < 4.78 is 0. The van der Waals surface area contributed by atoms with E-state index in [-0.39, 0.29) is 0 Å². The molecule has 0 aliphatic heterocycles. The van der Waals surface area contributed by atoms with Crippen LogP contribution in [0.5, 0.6) is 0 Å². The standard InChI is InChI=1S/C16H20N2/c1-10-9-11(2)13(4)16(12(10)3)18-15-8-6-5-7-14(15)17/h5-9,18H,17H2,1-4H3. The number of anilines is 3. The van der Waals surface area contributed by atoms with Crippen molar-refractivity contribution in [2.45, 2.75) is 27.7 Å². The molecule has 0 heterocycles. The summed E-state index contributed by atoms with van der Waals surface area (Å²) in [5.74, 6) is 0. The first kappa shape index (κ1) is 12.5. The highest BCUT2D eigenvalue weighted by atomic mass is 14.9. The Morgan fingerprint density at radius 3 is 2.00 bits per heavy atom. The molecule has 0 unspecified atom stereocenters. The van der Waals surface area contributed by atoms with E-state index < -0.39 is 0 Å². The number of hydrogen-bond donors (Lipinski definition) is 2. The molecular formula is C16H20N2. The fourth-order valence-electron chi connectivity index (χ4n) is 2.15. The molecule has 2 aromatic rings. The SMILES string of the molecule is Cc1cc(C)c(C)c(Nc2ccccc2N)c1C. The van der Waals surface area contributed by atoms with E-state index in [2.05, 4.69) is 39.1 Å². The number of nitrogens with two attached hydrogens (primary N) is 1. The maximum Gasteiger partial charge on any atom is 0.0618 e. The molecule has 0 fully saturated rings. The molecule has 94 valence electrons. The van der Waals surface area contributed by atoms with Gasteiger partial charge in [-0.15, -0.1) is 0 Å². The third-order valence-corrected chi connectivity index (χ3v) is 3.59. The van der Waals surface area contributed by atoms with Gasteiger partial charge in [0.1, 0.15) is 0 Å². The number of hydrogen-bond acceptors (Lipinski definition) is 2. The Hall–Kier alpha value is -1.96. The number of benzene rings is 2. The van der Waals surface area contributed by atoms with Crippen LogP contribution < -0.4 is 11.1 Å². The molecule has 0 saturated carbocycles. The van der Waals surface area contributed by atoms with Crippen LogP contribution in [0, 0.1) is 27.7 Å². The van der Waals surface area contributed by atoms with Crippen LogP contribution in [0.2, 0.25) is 0 Å². The Labute approximate surface area is 109 Å². The lowest BCUT2D eigenvalue weighted by molar-refractivity contribution is 1.24. The van der Waals surface area contributed by atoms with Crippen LogP contribution in [-0.4, -0.2) is 0 Å². The van der Waals surface area contributed by atoms with Gasteiger partial charge in [0.15, 0.2) is 0 Å². The second-order valence-corrected chi connectivity index (χ2v) is 4.85. The Bertz CT molecular complexity index is 560. The van der Waals surface area contributed by atoms with E-state index in [1.165, 1.54) is 27.9 Å². The van der Waals surface area contributed by atoms with E-state index in [9.17, 15) is 0 Å². The quantitative estimate of drug-likeness (QED) is 0.770. The molecule has 2 nitrogen and oxygen atoms in total. The predicted molar refractivity (Wildman–Crippen MR) is 79.5 cm³/mol. The molecule has 2 heteroatoms. The summed E-state index contributed by atoms with van der Waals surface area (Å²) >= 11 is 0. The number of aryl methyl sites for hydroxylation is 2. The summed E-state index contributed by atoms with van der Waals surface area (Å²) in [6.45, 7) is 8.56. The van der Waals surface area contributed by atoms with Crippen molar-refractivity contribution >= 4 is 17.1 Å². The zero-order valence-electron chi connectivity index (χ0n) is 11.5. The van der Waals surface area contributed by atoms with Crippen LogP contribution in [0.3, 0.4) is 0 Å². The minimum atomic E-state index is 0.774. The zero-order chi connectivity index (χ0) is 13.3. The van der Waals surface area contributed by atoms with Crippen molar-refractivity contribution in [2.24, 2.45) is 0 Å². The molecule has 0 bridgehead atoms. The molecule has 0 atom stereocenters. The molecule has 0 saturated heterocycles. The number of rotatable bonds is 2. The molecule has 0 radical (unpaired) electrons. The first-order chi connectivity index (χ1) is 8.50. The van der Waals surface area contributed by atoms with Gasteiger partial charge in [-0.2, -0.15) is 0 Å². The van der Waals surface area contributed by atoms with Crippen molar-refractivity contribution in [3.05, 3.63) is 52.6 Å². The van der Waals surface area contributed by atoms with Crippen LogP contribution in [0.15, 0.2) is 30.3 Å². The number of nitrogen functional groups attached to an aromatic ring is 1. The highest BCUT2D eigenvalue weighted by Crippen LogP contribution is 2.31. The van der Waals surface area contributed by atoms with E-state index in [0.29, 0.717) is 0 Å². The zero-order valence-corrected chi connectivity index (χ0v) is 11.5. The second-order valence-electron chi connectivity index (χ2n) is 4.85. The van der Waals surface area contributed by atoms with Crippen LogP contribution >= 0.6 is 0 Å². The summed E-state index contributed by atoms with van der Waals surface area (Å²) in [4.78, 5) is 0. The molecule has 0 spiro atoms. The summed E-state index contributed by atoms with van der Waals surface area (Å²) in [5.41, 5.74) is 14.1. The molecule has 3 N–H and O–H groups in total. The van der Waals surface area contributed by atoms with Crippen molar-refractivity contribution in [1.29, 1.82) is 0 Å². The minimum Gasteiger partial charge on any atom is -0.397 e. The molecule has 18 heavy (non-hydrogen) atoms. The van der Waals surface area contributed by atoms with Gasteiger partial charge in [0, 0.05) is 5.69 Å².